The first-order valence-corrected chi connectivity index (χ1v) is 8.18. The number of piperidine rings is 1. The van der Waals surface area contributed by atoms with Crippen LogP contribution in [-0.2, 0) is 0 Å². The molecule has 20 heavy (non-hydrogen) atoms. The van der Waals surface area contributed by atoms with Gasteiger partial charge in [-0.2, -0.15) is 0 Å². The molecule has 0 N–H and O–H groups in total. The van der Waals surface area contributed by atoms with Crippen LogP contribution in [0.25, 0.3) is 0 Å². The number of hydrogen-bond acceptors (Lipinski definition) is 3. The molecular weight excluding hydrogens is 246 g/mol. The molecule has 0 amide bonds. The zero-order valence-corrected chi connectivity index (χ0v) is 13.3. The predicted molar refractivity (Wildman–Crippen MR) is 86.3 cm³/mol. The smallest absolute Gasteiger partial charge is 0.133 e. The highest BCUT2D eigenvalue weighted by molar-refractivity contribution is 5.47. The molecule has 1 atom stereocenters. The second kappa shape index (κ2) is 7.63. The van der Waals surface area contributed by atoms with E-state index in [9.17, 15) is 0 Å². The molecule has 112 valence electrons. The fourth-order valence-corrected chi connectivity index (χ4v) is 3.11. The fourth-order valence-electron chi connectivity index (χ4n) is 3.11. The van der Waals surface area contributed by atoms with Crippen molar-refractivity contribution in [3.05, 3.63) is 23.9 Å². The Kier molecular flexibility index (Phi) is 5.84. The quantitative estimate of drug-likeness (QED) is 0.786. The normalized spacial score (nSPS) is 20.1. The third-order valence-corrected chi connectivity index (χ3v) is 4.42. The van der Waals surface area contributed by atoms with Gasteiger partial charge >= 0.3 is 0 Å². The number of hydrogen-bond donors (Lipinski definition) is 0. The summed E-state index contributed by atoms with van der Waals surface area (Å²) in [5.74, 6) is 1.17. The van der Waals surface area contributed by atoms with E-state index in [0.717, 1.165) is 6.54 Å². The van der Waals surface area contributed by atoms with E-state index in [2.05, 4.69) is 47.8 Å². The van der Waals surface area contributed by atoms with E-state index in [4.69, 9.17) is 0 Å². The van der Waals surface area contributed by atoms with Gasteiger partial charge in [-0.05, 0) is 45.3 Å². The van der Waals surface area contributed by atoms with Gasteiger partial charge in [-0.3, -0.25) is 4.90 Å². The average Bonchev–Trinajstić information content (AvgIpc) is 2.52. The molecule has 1 aliphatic heterocycles. The van der Waals surface area contributed by atoms with E-state index in [1.807, 2.05) is 6.20 Å². The Labute approximate surface area is 124 Å². The number of anilines is 1. The first-order chi connectivity index (χ1) is 9.77. The van der Waals surface area contributed by atoms with Crippen molar-refractivity contribution < 1.29 is 0 Å². The first kappa shape index (κ1) is 15.3. The summed E-state index contributed by atoms with van der Waals surface area (Å²) in [7, 11) is 2.14. The highest BCUT2D eigenvalue weighted by Crippen LogP contribution is 2.35. The SMILES string of the molecule is CCCCN1CCCC[C@H]1c1cccnc1N(C)CC. The summed E-state index contributed by atoms with van der Waals surface area (Å²) in [6.07, 6.45) is 8.47. The van der Waals surface area contributed by atoms with Crippen LogP contribution in [0.2, 0.25) is 0 Å². The van der Waals surface area contributed by atoms with Gasteiger partial charge in [-0.25, -0.2) is 4.98 Å². The van der Waals surface area contributed by atoms with Crippen LogP contribution in [-0.4, -0.2) is 36.6 Å². The second-order valence-electron chi connectivity index (χ2n) is 5.83. The summed E-state index contributed by atoms with van der Waals surface area (Å²) >= 11 is 0. The number of nitrogens with zero attached hydrogens (tertiary/aromatic N) is 3. The van der Waals surface area contributed by atoms with Crippen molar-refractivity contribution in [1.29, 1.82) is 0 Å². The lowest BCUT2D eigenvalue weighted by Crippen LogP contribution is -2.35. The van der Waals surface area contributed by atoms with Crippen LogP contribution in [0.1, 0.15) is 57.6 Å². The van der Waals surface area contributed by atoms with E-state index in [1.165, 1.54) is 56.6 Å². The Bertz CT molecular complexity index is 405. The van der Waals surface area contributed by atoms with Crippen LogP contribution in [0, 0.1) is 0 Å². The topological polar surface area (TPSA) is 19.4 Å². The summed E-state index contributed by atoms with van der Waals surface area (Å²) in [6, 6.07) is 4.94. The van der Waals surface area contributed by atoms with Crippen LogP contribution < -0.4 is 4.90 Å². The third kappa shape index (κ3) is 3.51. The van der Waals surface area contributed by atoms with E-state index < -0.39 is 0 Å². The molecule has 1 aliphatic rings. The van der Waals surface area contributed by atoms with Crippen LogP contribution in [0.4, 0.5) is 5.82 Å². The zero-order chi connectivity index (χ0) is 14.4. The number of likely N-dealkylation sites (tertiary alicyclic amines) is 1. The van der Waals surface area contributed by atoms with Crippen LogP contribution in [0.5, 0.6) is 0 Å². The highest BCUT2D eigenvalue weighted by Gasteiger charge is 2.26. The van der Waals surface area contributed by atoms with Crippen LogP contribution in [0.15, 0.2) is 18.3 Å². The Morgan fingerprint density at radius 3 is 2.95 bits per heavy atom. The van der Waals surface area contributed by atoms with E-state index in [0.29, 0.717) is 6.04 Å². The second-order valence-corrected chi connectivity index (χ2v) is 5.83. The third-order valence-electron chi connectivity index (χ3n) is 4.42. The summed E-state index contributed by atoms with van der Waals surface area (Å²) in [5.41, 5.74) is 1.42. The van der Waals surface area contributed by atoms with Crippen molar-refractivity contribution in [3.8, 4) is 0 Å². The maximum absolute atomic E-state index is 4.64. The molecule has 0 bridgehead atoms. The molecule has 1 saturated heterocycles. The van der Waals surface area contributed by atoms with Crippen molar-refractivity contribution in [2.75, 3.05) is 31.6 Å². The fraction of sp³-hybridized carbons (Fsp3) is 0.706. The summed E-state index contributed by atoms with van der Waals surface area (Å²) in [4.78, 5) is 9.58. The van der Waals surface area contributed by atoms with Crippen molar-refractivity contribution in [3.63, 3.8) is 0 Å². The van der Waals surface area contributed by atoms with Gasteiger partial charge in [0.25, 0.3) is 0 Å². The standard InChI is InChI=1S/C17H29N3/c1-4-6-13-20-14-8-7-11-16(20)15-10-9-12-18-17(15)19(3)5-2/h9-10,12,16H,4-8,11,13-14H2,1-3H3/t16-/m0/s1. The Hall–Kier alpha value is -1.09. The van der Waals surface area contributed by atoms with Gasteiger partial charge in [0.05, 0.1) is 0 Å². The molecule has 1 aromatic rings. The number of unbranched alkanes of at least 4 members (excludes halogenated alkanes) is 1. The lowest BCUT2D eigenvalue weighted by Gasteiger charge is -2.37. The van der Waals surface area contributed by atoms with Gasteiger partial charge in [0.15, 0.2) is 0 Å². The van der Waals surface area contributed by atoms with Gasteiger partial charge in [0.2, 0.25) is 0 Å². The van der Waals surface area contributed by atoms with Crippen molar-refractivity contribution in [1.82, 2.24) is 9.88 Å². The molecule has 0 radical (unpaired) electrons. The summed E-state index contributed by atoms with van der Waals surface area (Å²) in [6.45, 7) is 7.94. The average molecular weight is 275 g/mol. The highest BCUT2D eigenvalue weighted by atomic mass is 15.2. The van der Waals surface area contributed by atoms with Crippen molar-refractivity contribution >= 4 is 5.82 Å². The first-order valence-electron chi connectivity index (χ1n) is 8.18. The monoisotopic (exact) mass is 275 g/mol. The molecule has 0 spiro atoms. The number of aromatic nitrogens is 1. The molecule has 1 aromatic heterocycles. The lowest BCUT2D eigenvalue weighted by molar-refractivity contribution is 0.147. The molecule has 1 fully saturated rings. The zero-order valence-electron chi connectivity index (χ0n) is 13.3. The molecular formula is C17H29N3. The number of pyridine rings is 1. The van der Waals surface area contributed by atoms with Gasteiger partial charge in [-0.15, -0.1) is 0 Å². The van der Waals surface area contributed by atoms with E-state index in [-0.39, 0.29) is 0 Å². The van der Waals surface area contributed by atoms with Crippen molar-refractivity contribution in [2.45, 2.75) is 52.0 Å². The minimum Gasteiger partial charge on any atom is -0.360 e. The van der Waals surface area contributed by atoms with Crippen LogP contribution in [0.3, 0.4) is 0 Å². The summed E-state index contributed by atoms with van der Waals surface area (Å²) in [5, 5.41) is 0. The van der Waals surface area contributed by atoms with Crippen LogP contribution >= 0.6 is 0 Å². The predicted octanol–water partition coefficient (Wildman–Crippen LogP) is 3.86. The van der Waals surface area contributed by atoms with Gasteiger partial charge < -0.3 is 4.90 Å². The molecule has 0 unspecified atom stereocenters. The Morgan fingerprint density at radius 1 is 1.35 bits per heavy atom. The van der Waals surface area contributed by atoms with Gasteiger partial charge in [-0.1, -0.05) is 25.8 Å². The van der Waals surface area contributed by atoms with Crippen molar-refractivity contribution in [2.24, 2.45) is 0 Å². The number of rotatable bonds is 6. The van der Waals surface area contributed by atoms with Gasteiger partial charge in [0.1, 0.15) is 5.82 Å². The maximum Gasteiger partial charge on any atom is 0.133 e. The molecule has 2 heterocycles. The lowest BCUT2D eigenvalue weighted by atomic mass is 9.95. The minimum atomic E-state index is 0.563. The Balaban J connectivity index is 2.23. The largest absolute Gasteiger partial charge is 0.360 e. The summed E-state index contributed by atoms with van der Waals surface area (Å²) < 4.78 is 0. The van der Waals surface area contributed by atoms with Gasteiger partial charge in [0, 0.05) is 31.4 Å². The molecule has 0 aromatic carbocycles. The Morgan fingerprint density at radius 2 is 2.20 bits per heavy atom. The van der Waals surface area contributed by atoms with E-state index >= 15 is 0 Å². The molecule has 0 aliphatic carbocycles. The minimum absolute atomic E-state index is 0.563. The molecule has 3 nitrogen and oxygen atoms in total. The molecule has 2 rings (SSSR count). The molecule has 0 saturated carbocycles. The van der Waals surface area contributed by atoms with E-state index in [1.54, 1.807) is 0 Å². The maximum atomic E-state index is 4.64. The molecule has 3 heteroatoms.